The van der Waals surface area contributed by atoms with E-state index < -0.39 is 7.12 Å². The zero-order valence-electron chi connectivity index (χ0n) is 13.4. The Morgan fingerprint density at radius 1 is 1.29 bits per heavy atom. The molecule has 6 heteroatoms. The maximum atomic E-state index is 6.03. The van der Waals surface area contributed by atoms with E-state index in [1.807, 2.05) is 46.8 Å². The van der Waals surface area contributed by atoms with Gasteiger partial charge < -0.3 is 20.8 Å². The van der Waals surface area contributed by atoms with Gasteiger partial charge in [0, 0.05) is 18.3 Å². The van der Waals surface area contributed by atoms with Gasteiger partial charge in [-0.15, -0.1) is 0 Å². The minimum atomic E-state index is -0.458. The molecule has 0 bridgehead atoms. The molecule has 0 radical (unpaired) electrons. The molecule has 1 aromatic heterocycles. The first-order valence-electron chi connectivity index (χ1n) is 7.14. The van der Waals surface area contributed by atoms with Crippen LogP contribution in [0.4, 0.5) is 5.82 Å². The molecule has 1 aliphatic heterocycles. The van der Waals surface area contributed by atoms with Crippen molar-refractivity contribution in [2.45, 2.75) is 45.8 Å². The Labute approximate surface area is 126 Å². The van der Waals surface area contributed by atoms with Crippen LogP contribution in [0.15, 0.2) is 17.7 Å². The highest BCUT2D eigenvalue weighted by molar-refractivity contribution is 6.56. The fourth-order valence-corrected chi connectivity index (χ4v) is 2.14. The van der Waals surface area contributed by atoms with Crippen LogP contribution in [0, 0.1) is 6.92 Å². The zero-order chi connectivity index (χ0) is 15.8. The van der Waals surface area contributed by atoms with Crippen molar-refractivity contribution in [1.29, 1.82) is 0 Å². The number of nitrogen functional groups attached to an aromatic ring is 1. The molecule has 5 nitrogen and oxygen atoms in total. The lowest BCUT2D eigenvalue weighted by molar-refractivity contribution is 0.00578. The number of nitrogens with zero attached hydrogens (tertiary/aromatic N) is 1. The van der Waals surface area contributed by atoms with Crippen LogP contribution in [0.25, 0.3) is 6.08 Å². The number of pyridine rings is 1. The maximum absolute atomic E-state index is 6.03. The van der Waals surface area contributed by atoms with Gasteiger partial charge in [0.2, 0.25) is 0 Å². The van der Waals surface area contributed by atoms with Crippen LogP contribution in [0.2, 0.25) is 0 Å². The molecule has 0 spiro atoms. The normalized spacial score (nSPS) is 20.9. The van der Waals surface area contributed by atoms with Crippen LogP contribution in [-0.4, -0.2) is 29.8 Å². The quantitative estimate of drug-likeness (QED) is 0.831. The molecule has 1 fully saturated rings. The molecule has 1 aliphatic rings. The molecule has 21 heavy (non-hydrogen) atoms. The Balaban J connectivity index is 2.33. The molecule has 0 aliphatic carbocycles. The summed E-state index contributed by atoms with van der Waals surface area (Å²) < 4.78 is 12.1. The summed E-state index contributed by atoms with van der Waals surface area (Å²) in [5.41, 5.74) is 13.8. The van der Waals surface area contributed by atoms with E-state index >= 15 is 0 Å². The van der Waals surface area contributed by atoms with Crippen LogP contribution in [0.1, 0.15) is 38.8 Å². The fraction of sp³-hybridized carbons (Fsp3) is 0.533. The van der Waals surface area contributed by atoms with E-state index in [-0.39, 0.29) is 11.2 Å². The summed E-state index contributed by atoms with van der Waals surface area (Å²) in [5.74, 6) is 0.475. The lowest BCUT2D eigenvalue weighted by atomic mass is 9.77. The first-order chi connectivity index (χ1) is 9.66. The highest BCUT2D eigenvalue weighted by atomic mass is 16.7. The third-order valence-electron chi connectivity index (χ3n) is 4.22. The Morgan fingerprint density at radius 3 is 2.38 bits per heavy atom. The topological polar surface area (TPSA) is 83.4 Å². The highest BCUT2D eigenvalue weighted by Crippen LogP contribution is 2.38. The Hall–Kier alpha value is -1.37. The molecule has 0 unspecified atom stereocenters. The zero-order valence-corrected chi connectivity index (χ0v) is 13.4. The number of hydrogen-bond donors (Lipinski definition) is 2. The Morgan fingerprint density at radius 2 is 1.86 bits per heavy atom. The molecule has 1 aromatic rings. The summed E-state index contributed by atoms with van der Waals surface area (Å²) >= 11 is 0. The monoisotopic (exact) mass is 289 g/mol. The number of nitrogens with two attached hydrogens (primary N) is 2. The molecular formula is C15H24BN3O2. The van der Waals surface area contributed by atoms with Gasteiger partial charge in [-0.05, 0) is 51.7 Å². The van der Waals surface area contributed by atoms with Crippen LogP contribution in [0.3, 0.4) is 0 Å². The molecule has 114 valence electrons. The van der Waals surface area contributed by atoms with Crippen molar-refractivity contribution in [2.75, 3.05) is 12.3 Å². The summed E-state index contributed by atoms with van der Waals surface area (Å²) in [6, 6.07) is 1.98. The third-order valence-corrected chi connectivity index (χ3v) is 4.22. The van der Waals surface area contributed by atoms with Gasteiger partial charge in [0.25, 0.3) is 0 Å². The molecule has 0 saturated carbocycles. The molecule has 0 amide bonds. The van der Waals surface area contributed by atoms with Crippen molar-refractivity contribution >= 4 is 19.0 Å². The lowest BCUT2D eigenvalue weighted by Gasteiger charge is -2.32. The standard InChI is InChI=1S/C15H24BN3O2/c1-10-6-11(13(18)19-9-10)7-12(8-17)16-20-14(2,3)15(4,5)21-16/h6-7,9H,8,17H2,1-5H3,(H2,18,19). The van der Waals surface area contributed by atoms with E-state index in [1.54, 1.807) is 6.20 Å². The molecule has 1 saturated heterocycles. The maximum Gasteiger partial charge on any atom is 0.491 e. The van der Waals surface area contributed by atoms with Crippen LogP contribution < -0.4 is 11.5 Å². The number of anilines is 1. The highest BCUT2D eigenvalue weighted by Gasteiger charge is 2.52. The van der Waals surface area contributed by atoms with Gasteiger partial charge in [0.1, 0.15) is 5.82 Å². The predicted molar refractivity (Wildman–Crippen MR) is 86.5 cm³/mol. The van der Waals surface area contributed by atoms with E-state index in [1.165, 1.54) is 0 Å². The van der Waals surface area contributed by atoms with Crippen molar-refractivity contribution < 1.29 is 9.31 Å². The van der Waals surface area contributed by atoms with Gasteiger partial charge in [-0.1, -0.05) is 6.08 Å². The summed E-state index contributed by atoms with van der Waals surface area (Å²) in [4.78, 5) is 4.16. The average molecular weight is 289 g/mol. The Kier molecular flexibility index (Phi) is 4.15. The first kappa shape index (κ1) is 16.0. The third kappa shape index (κ3) is 3.12. The van der Waals surface area contributed by atoms with Gasteiger partial charge in [-0.3, -0.25) is 0 Å². The fourth-order valence-electron chi connectivity index (χ4n) is 2.14. The molecule has 0 atom stereocenters. The first-order valence-corrected chi connectivity index (χ1v) is 7.14. The van der Waals surface area contributed by atoms with Crippen LogP contribution in [-0.2, 0) is 9.31 Å². The molecule has 4 N–H and O–H groups in total. The summed E-state index contributed by atoms with van der Waals surface area (Å²) in [7, 11) is -0.458. The number of aryl methyl sites for hydroxylation is 1. The van der Waals surface area contributed by atoms with E-state index in [0.717, 1.165) is 16.6 Å². The summed E-state index contributed by atoms with van der Waals surface area (Å²) in [5, 5.41) is 0. The van der Waals surface area contributed by atoms with Crippen LogP contribution in [0.5, 0.6) is 0 Å². The molecular weight excluding hydrogens is 265 g/mol. The summed E-state index contributed by atoms with van der Waals surface area (Å²) in [6.07, 6.45) is 3.65. The predicted octanol–water partition coefficient (Wildman–Crippen LogP) is 1.95. The van der Waals surface area contributed by atoms with E-state index in [2.05, 4.69) is 4.98 Å². The van der Waals surface area contributed by atoms with E-state index in [4.69, 9.17) is 20.8 Å². The van der Waals surface area contributed by atoms with Crippen molar-refractivity contribution in [1.82, 2.24) is 4.98 Å². The largest absolute Gasteiger partial charge is 0.491 e. The van der Waals surface area contributed by atoms with E-state index in [9.17, 15) is 0 Å². The van der Waals surface area contributed by atoms with Crippen molar-refractivity contribution in [2.24, 2.45) is 5.73 Å². The number of aromatic nitrogens is 1. The minimum absolute atomic E-state index is 0.338. The van der Waals surface area contributed by atoms with Gasteiger partial charge in [-0.25, -0.2) is 4.98 Å². The SMILES string of the molecule is Cc1cnc(N)c(C=C(CN)B2OC(C)(C)C(C)(C)O2)c1. The van der Waals surface area contributed by atoms with Gasteiger partial charge in [0.05, 0.1) is 11.2 Å². The van der Waals surface area contributed by atoms with Gasteiger partial charge in [0.15, 0.2) is 0 Å². The van der Waals surface area contributed by atoms with Gasteiger partial charge in [-0.2, -0.15) is 0 Å². The van der Waals surface area contributed by atoms with Gasteiger partial charge >= 0.3 is 7.12 Å². The smallest absolute Gasteiger partial charge is 0.400 e. The van der Waals surface area contributed by atoms with Crippen molar-refractivity contribution in [3.05, 3.63) is 28.9 Å². The lowest BCUT2D eigenvalue weighted by Crippen LogP contribution is -2.41. The summed E-state index contributed by atoms with van der Waals surface area (Å²) in [6.45, 7) is 10.4. The second-order valence-electron chi connectivity index (χ2n) is 6.50. The average Bonchev–Trinajstić information content (AvgIpc) is 2.59. The second kappa shape index (κ2) is 5.44. The van der Waals surface area contributed by atoms with Crippen molar-refractivity contribution in [3.8, 4) is 0 Å². The second-order valence-corrected chi connectivity index (χ2v) is 6.50. The Bertz CT molecular complexity index is 554. The number of rotatable bonds is 3. The van der Waals surface area contributed by atoms with Crippen LogP contribution >= 0.6 is 0 Å². The molecule has 0 aromatic carbocycles. The van der Waals surface area contributed by atoms with E-state index in [0.29, 0.717) is 12.4 Å². The number of hydrogen-bond acceptors (Lipinski definition) is 5. The minimum Gasteiger partial charge on any atom is -0.400 e. The molecule has 2 rings (SSSR count). The molecule has 2 heterocycles. The van der Waals surface area contributed by atoms with Crippen molar-refractivity contribution in [3.63, 3.8) is 0 Å².